The van der Waals surface area contributed by atoms with Crippen molar-refractivity contribution in [1.29, 1.82) is 0 Å². The molecule has 1 unspecified atom stereocenters. The second-order valence-corrected chi connectivity index (χ2v) is 10.5. The molecule has 0 amide bonds. The molecule has 1 aliphatic heterocycles. The minimum absolute atomic E-state index is 0.0355. The van der Waals surface area contributed by atoms with Gasteiger partial charge in [0.2, 0.25) is 0 Å². The summed E-state index contributed by atoms with van der Waals surface area (Å²) in [6.07, 6.45) is 0.793. The number of fused-ring (bicyclic) bond motifs is 1. The van der Waals surface area contributed by atoms with Crippen molar-refractivity contribution in [3.8, 4) is 23.0 Å². The van der Waals surface area contributed by atoms with Crippen molar-refractivity contribution in [2.75, 3.05) is 41.2 Å². The van der Waals surface area contributed by atoms with Crippen LogP contribution in [0.1, 0.15) is 49.7 Å². The van der Waals surface area contributed by atoms with E-state index in [1.54, 1.807) is 33.3 Å². The maximum Gasteiger partial charge on any atom is 0.336 e. The van der Waals surface area contributed by atoms with Gasteiger partial charge in [-0.3, -0.25) is 9.79 Å². The molecule has 10 heteroatoms. The second-order valence-electron chi connectivity index (χ2n) is 9.65. The fraction of sp³-hybridized carbons (Fsp3) is 0.433. The number of aliphatic imine (C=N–C) groups is 1. The molecule has 4 rings (SSSR count). The zero-order chi connectivity index (χ0) is 29.0. The van der Waals surface area contributed by atoms with Crippen molar-refractivity contribution < 1.29 is 38.4 Å². The number of phenolic OH excluding ortho intramolecular Hbond substituents is 1. The number of ether oxygens (including phenoxy) is 5. The fourth-order valence-corrected chi connectivity index (χ4v) is 5.94. The van der Waals surface area contributed by atoms with Gasteiger partial charge in [0, 0.05) is 30.9 Å². The standard InChI is InChI=1S/C30H34BrNO8/c1-6-39-25-15-19(11-20(31)29(25)34)27-26(30(35)40-10-9-36-3)16(2)32-21-12-18(13-22(33)28(21)27)17-7-8-23(37-4)24(14-17)38-5/h7-8,11,14-15,18,27-28,34H,6,9-10,12-13H2,1-5H3/t18-,27-,28?/m1/s1. The lowest BCUT2D eigenvalue weighted by molar-refractivity contribution is -0.140. The fourth-order valence-electron chi connectivity index (χ4n) is 5.48. The van der Waals surface area contributed by atoms with Gasteiger partial charge in [-0.25, -0.2) is 4.79 Å². The number of hydrogen-bond donors (Lipinski definition) is 1. The number of carbonyl (C=O) groups is 2. The van der Waals surface area contributed by atoms with E-state index in [9.17, 15) is 14.7 Å². The molecular weight excluding hydrogens is 582 g/mol. The van der Waals surface area contributed by atoms with Gasteiger partial charge in [0.05, 0.1) is 43.4 Å². The highest BCUT2D eigenvalue weighted by molar-refractivity contribution is 9.10. The number of aromatic hydroxyl groups is 1. The predicted molar refractivity (Wildman–Crippen MR) is 153 cm³/mol. The normalized spacial score (nSPS) is 20.5. The molecule has 1 fully saturated rings. The lowest BCUT2D eigenvalue weighted by atomic mass is 9.66. The number of allylic oxidation sites excluding steroid dienone is 1. The van der Waals surface area contributed by atoms with Crippen LogP contribution < -0.4 is 14.2 Å². The van der Waals surface area contributed by atoms with Gasteiger partial charge in [-0.15, -0.1) is 0 Å². The van der Waals surface area contributed by atoms with Gasteiger partial charge >= 0.3 is 5.97 Å². The molecule has 0 aromatic heterocycles. The molecule has 0 saturated heterocycles. The summed E-state index contributed by atoms with van der Waals surface area (Å²) in [7, 11) is 4.68. The third kappa shape index (κ3) is 5.88. The topological polar surface area (TPSA) is 113 Å². The molecule has 0 spiro atoms. The van der Waals surface area contributed by atoms with Crippen LogP contribution in [0.4, 0.5) is 0 Å². The zero-order valence-corrected chi connectivity index (χ0v) is 24.9. The van der Waals surface area contributed by atoms with Crippen LogP contribution in [0.5, 0.6) is 23.0 Å². The highest BCUT2D eigenvalue weighted by atomic mass is 79.9. The van der Waals surface area contributed by atoms with Crippen LogP contribution >= 0.6 is 15.9 Å². The summed E-state index contributed by atoms with van der Waals surface area (Å²) < 4.78 is 27.5. The molecule has 9 nitrogen and oxygen atoms in total. The van der Waals surface area contributed by atoms with E-state index in [-0.39, 0.29) is 42.8 Å². The first-order chi connectivity index (χ1) is 19.2. The summed E-state index contributed by atoms with van der Waals surface area (Å²) in [5.41, 5.74) is 3.08. The van der Waals surface area contributed by atoms with Gasteiger partial charge in [-0.1, -0.05) is 6.07 Å². The molecule has 1 saturated carbocycles. The third-order valence-electron chi connectivity index (χ3n) is 7.28. The highest BCUT2D eigenvalue weighted by Crippen LogP contribution is 2.49. The van der Waals surface area contributed by atoms with Crippen molar-refractivity contribution >= 4 is 33.4 Å². The van der Waals surface area contributed by atoms with Gasteiger partial charge in [-0.2, -0.15) is 0 Å². The van der Waals surface area contributed by atoms with E-state index in [4.69, 9.17) is 28.7 Å². The van der Waals surface area contributed by atoms with Gasteiger partial charge in [0.15, 0.2) is 23.0 Å². The molecule has 1 heterocycles. The molecule has 2 aromatic rings. The number of methoxy groups -OCH3 is 3. The Morgan fingerprint density at radius 3 is 2.40 bits per heavy atom. The highest BCUT2D eigenvalue weighted by Gasteiger charge is 2.46. The van der Waals surface area contributed by atoms with Crippen molar-refractivity contribution in [1.82, 2.24) is 0 Å². The summed E-state index contributed by atoms with van der Waals surface area (Å²) in [5.74, 6) is -0.640. The Labute approximate surface area is 242 Å². The average Bonchev–Trinajstić information content (AvgIpc) is 2.94. The Bertz CT molecular complexity index is 1350. The van der Waals surface area contributed by atoms with Crippen molar-refractivity contribution in [2.45, 2.75) is 38.5 Å². The van der Waals surface area contributed by atoms with Crippen LogP contribution in [0.25, 0.3) is 0 Å². The predicted octanol–water partition coefficient (Wildman–Crippen LogP) is 5.34. The summed E-state index contributed by atoms with van der Waals surface area (Å²) in [6.45, 7) is 4.21. The largest absolute Gasteiger partial charge is 0.503 e. The average molecular weight is 617 g/mol. The number of benzene rings is 2. The van der Waals surface area contributed by atoms with E-state index in [0.29, 0.717) is 51.5 Å². The number of ketones is 1. The number of phenols is 1. The third-order valence-corrected chi connectivity index (χ3v) is 7.89. The van der Waals surface area contributed by atoms with Crippen LogP contribution in [0.3, 0.4) is 0 Å². The van der Waals surface area contributed by atoms with Crippen LogP contribution in [0.2, 0.25) is 0 Å². The Kier molecular flexibility index (Phi) is 9.52. The lowest BCUT2D eigenvalue weighted by Crippen LogP contribution is -2.41. The van der Waals surface area contributed by atoms with E-state index in [2.05, 4.69) is 15.9 Å². The van der Waals surface area contributed by atoms with Gasteiger partial charge < -0.3 is 28.8 Å². The Morgan fingerprint density at radius 1 is 1.00 bits per heavy atom. The number of rotatable bonds is 10. The molecule has 2 aliphatic rings. The quantitative estimate of drug-likeness (QED) is 0.282. The second kappa shape index (κ2) is 12.9. The zero-order valence-electron chi connectivity index (χ0n) is 23.3. The van der Waals surface area contributed by atoms with Crippen LogP contribution in [-0.2, 0) is 19.1 Å². The molecule has 3 atom stereocenters. The molecule has 0 bridgehead atoms. The van der Waals surface area contributed by atoms with Crippen molar-refractivity contribution in [3.05, 3.63) is 57.2 Å². The van der Waals surface area contributed by atoms with Crippen molar-refractivity contribution in [3.63, 3.8) is 0 Å². The maximum atomic E-state index is 13.9. The smallest absolute Gasteiger partial charge is 0.336 e. The van der Waals surface area contributed by atoms with Gasteiger partial charge in [0.25, 0.3) is 0 Å². The first kappa shape index (κ1) is 29.6. The molecule has 1 N–H and O–H groups in total. The van der Waals surface area contributed by atoms with E-state index < -0.39 is 17.8 Å². The number of Topliss-reactive ketones (excluding diaryl/α,β-unsaturated/α-hetero) is 1. The SMILES string of the molecule is CCOc1cc([C@@H]2C(C(=O)OCCOC)=C(C)N=C3C[C@@H](c4ccc(OC)c(OC)c4)CC(=O)C32)cc(Br)c1O. The molecule has 214 valence electrons. The number of nitrogens with zero attached hydrogens (tertiary/aromatic N) is 1. The minimum Gasteiger partial charge on any atom is -0.503 e. The Morgan fingerprint density at radius 2 is 1.73 bits per heavy atom. The summed E-state index contributed by atoms with van der Waals surface area (Å²) in [5, 5.41) is 10.5. The molecule has 0 radical (unpaired) electrons. The first-order valence-corrected chi connectivity index (χ1v) is 13.9. The van der Waals surface area contributed by atoms with Gasteiger partial charge in [0.1, 0.15) is 12.4 Å². The van der Waals surface area contributed by atoms with E-state index in [0.717, 1.165) is 5.56 Å². The van der Waals surface area contributed by atoms with E-state index in [1.807, 2.05) is 25.1 Å². The Hall–Kier alpha value is -3.37. The molecular formula is C30H34BrNO8. The van der Waals surface area contributed by atoms with Crippen LogP contribution in [0.15, 0.2) is 51.1 Å². The van der Waals surface area contributed by atoms with Crippen LogP contribution in [0, 0.1) is 5.92 Å². The number of hydrogen-bond acceptors (Lipinski definition) is 9. The van der Waals surface area contributed by atoms with Crippen LogP contribution in [-0.4, -0.2) is 63.7 Å². The number of esters is 1. The number of halogens is 1. The molecule has 1 aliphatic carbocycles. The first-order valence-electron chi connectivity index (χ1n) is 13.1. The monoisotopic (exact) mass is 615 g/mol. The van der Waals surface area contributed by atoms with E-state index >= 15 is 0 Å². The summed E-state index contributed by atoms with van der Waals surface area (Å²) in [4.78, 5) is 32.1. The number of carbonyl (C=O) groups excluding carboxylic acids is 2. The maximum absolute atomic E-state index is 13.9. The van der Waals surface area contributed by atoms with Gasteiger partial charge in [-0.05, 0) is 77.5 Å². The minimum atomic E-state index is -0.670. The van der Waals surface area contributed by atoms with E-state index in [1.165, 1.54) is 7.11 Å². The molecule has 2 aromatic carbocycles. The lowest BCUT2D eigenvalue weighted by Gasteiger charge is -2.38. The van der Waals surface area contributed by atoms with Crippen molar-refractivity contribution in [2.24, 2.45) is 10.9 Å². The molecule has 40 heavy (non-hydrogen) atoms. The summed E-state index contributed by atoms with van der Waals surface area (Å²) in [6, 6.07) is 9.06. The summed E-state index contributed by atoms with van der Waals surface area (Å²) >= 11 is 3.41. The Balaban J connectivity index is 1.79.